The maximum Gasteiger partial charge on any atom is 0.408 e. The van der Waals surface area contributed by atoms with Crippen LogP contribution in [-0.4, -0.2) is 208 Å². The van der Waals surface area contributed by atoms with Gasteiger partial charge in [0, 0.05) is 75.5 Å². The van der Waals surface area contributed by atoms with Crippen molar-refractivity contribution < 1.29 is 95.5 Å². The number of ether oxygens (including phenoxy) is 5. The Morgan fingerprint density at radius 3 is 2.13 bits per heavy atom. The molecule has 5 aromatic carbocycles. The minimum absolute atomic E-state index is 0.0965. The first-order chi connectivity index (χ1) is 55.5. The van der Waals surface area contributed by atoms with E-state index in [1.165, 1.54) is 50.3 Å². The van der Waals surface area contributed by atoms with E-state index >= 15 is 33.2 Å². The fraction of sp³-hybridized carbons (Fsp3) is 0.464. The molecule has 6 aromatic rings. The van der Waals surface area contributed by atoms with Crippen molar-refractivity contribution >= 4 is 88.1 Å². The first-order valence-electron chi connectivity index (χ1n) is 39.0. The number of carbonyl (C=O) groups is 13. The van der Waals surface area contributed by atoms with E-state index in [1.807, 2.05) is 12.1 Å². The fourth-order valence-corrected chi connectivity index (χ4v) is 14.0. The highest BCUT2D eigenvalue weighted by Crippen LogP contribution is 2.32. The van der Waals surface area contributed by atoms with Crippen LogP contribution in [0, 0.1) is 5.82 Å². The molecule has 1 aromatic heterocycles. The average molecular weight is 1620 g/mol. The van der Waals surface area contributed by atoms with Crippen molar-refractivity contribution in [2.75, 3.05) is 39.9 Å². The molecule has 0 unspecified atom stereocenters. The van der Waals surface area contributed by atoms with E-state index in [0.717, 1.165) is 16.0 Å². The molecular formula is C84H106FN13O19. The molecule has 4 heterocycles. The van der Waals surface area contributed by atoms with Crippen molar-refractivity contribution in [3.63, 3.8) is 0 Å². The molecule has 12 amide bonds. The molecule has 3 aliphatic rings. The number of nitrogens with one attached hydrogen (secondary N) is 11. The molecule has 117 heavy (non-hydrogen) atoms. The number of alkyl carbamates (subject to hydrolysis) is 2. The normalized spacial score (nSPS) is 19.2. The third-order valence-corrected chi connectivity index (χ3v) is 20.0. The quantitative estimate of drug-likeness (QED) is 0.0292. The molecule has 9 rings (SSSR count). The molecule has 4 bridgehead atoms. The van der Waals surface area contributed by atoms with Crippen LogP contribution in [0.25, 0.3) is 10.9 Å². The lowest BCUT2D eigenvalue weighted by atomic mass is 9.95. The number of H-pyrrole nitrogens is 1. The van der Waals surface area contributed by atoms with Gasteiger partial charge in [-0.15, -0.1) is 0 Å². The Kier molecular flexibility index (Phi) is 30.8. The largest absolute Gasteiger partial charge is 0.497 e. The van der Waals surface area contributed by atoms with Crippen molar-refractivity contribution in [1.82, 2.24) is 68.0 Å². The summed E-state index contributed by atoms with van der Waals surface area (Å²) in [6.07, 6.45) is -3.34. The smallest absolute Gasteiger partial charge is 0.408 e. The summed E-state index contributed by atoms with van der Waals surface area (Å²) in [7, 11) is 1.49. The summed E-state index contributed by atoms with van der Waals surface area (Å²) in [5.41, 5.74) is 1.11. The predicted molar refractivity (Wildman–Crippen MR) is 425 cm³/mol. The van der Waals surface area contributed by atoms with E-state index in [-0.39, 0.29) is 77.9 Å². The SMILES string of the molecule is COc1ccc(C[C@H](NC(=O)[C@@H](NC(=O)[C@@H]2[C@@H]3CCN2C(=O)[C@H](Cc2c[nH]c4ccc(F)cc24)NC(=O)[C@@H](NC(=O)[C@@H](CNC(=O)OC(C)(C)C)NC(=O)[C@H](C)NC(=O)OCc2ccccc2)Cc2cccc(c2)CNC(=O)CO3)[C@@H](C)OC(C)(C)C)C(=O)N2CCC[C@@]2(C)C(=O)NCCc2ccc(CNC(=O)CCC(=O)O)cc2)cc1. The lowest BCUT2D eigenvalue weighted by Crippen LogP contribution is -2.64. The lowest BCUT2D eigenvalue weighted by Gasteiger charge is -2.37. The van der Waals surface area contributed by atoms with Gasteiger partial charge in [-0.05, 0) is 157 Å². The Morgan fingerprint density at radius 1 is 0.726 bits per heavy atom. The van der Waals surface area contributed by atoms with Crippen LogP contribution in [-0.2, 0) is 117 Å². The van der Waals surface area contributed by atoms with Crippen LogP contribution in [0.3, 0.4) is 0 Å². The van der Waals surface area contributed by atoms with Gasteiger partial charge in [0.25, 0.3) is 0 Å². The van der Waals surface area contributed by atoms with Crippen LogP contribution in [0.15, 0.2) is 128 Å². The molecule has 32 nitrogen and oxygen atoms in total. The van der Waals surface area contributed by atoms with Crippen LogP contribution in [0.2, 0.25) is 0 Å². The van der Waals surface area contributed by atoms with Gasteiger partial charge in [0.05, 0.1) is 37.9 Å². The van der Waals surface area contributed by atoms with Crippen molar-refractivity contribution in [3.8, 4) is 5.75 Å². The summed E-state index contributed by atoms with van der Waals surface area (Å²) >= 11 is 0. The first-order valence-corrected chi connectivity index (χ1v) is 39.0. The highest BCUT2D eigenvalue weighted by Gasteiger charge is 2.50. The van der Waals surface area contributed by atoms with Gasteiger partial charge in [0.15, 0.2) is 0 Å². The zero-order valence-electron chi connectivity index (χ0n) is 67.4. The third-order valence-electron chi connectivity index (χ3n) is 20.0. The molecule has 0 aliphatic carbocycles. The second-order valence-electron chi connectivity index (χ2n) is 31.5. The highest BCUT2D eigenvalue weighted by atomic mass is 19.1. The predicted octanol–water partition coefficient (Wildman–Crippen LogP) is 4.65. The van der Waals surface area contributed by atoms with E-state index < -0.39 is 174 Å². The molecule has 10 atom stereocenters. The van der Waals surface area contributed by atoms with Crippen molar-refractivity contribution in [2.45, 2.75) is 211 Å². The number of carboxylic acid groups (broad SMARTS) is 1. The maximum atomic E-state index is 16.1. The number of aromatic amines is 1. The molecule has 0 spiro atoms. The molecule has 0 radical (unpaired) electrons. The number of amides is 12. The number of carbonyl (C=O) groups excluding carboxylic acids is 12. The van der Waals surface area contributed by atoms with Gasteiger partial charge in [-0.1, -0.05) is 91.0 Å². The molecule has 33 heteroatoms. The molecule has 2 fully saturated rings. The number of aliphatic carboxylic acids is 1. The molecule has 628 valence electrons. The number of likely N-dealkylation sites (tertiary alicyclic amines) is 1. The van der Waals surface area contributed by atoms with Gasteiger partial charge in [-0.2, -0.15) is 0 Å². The zero-order chi connectivity index (χ0) is 84.9. The van der Waals surface area contributed by atoms with Gasteiger partial charge < -0.3 is 96.7 Å². The van der Waals surface area contributed by atoms with E-state index in [2.05, 4.69) is 58.2 Å². The zero-order valence-corrected chi connectivity index (χ0v) is 67.4. The number of benzene rings is 5. The Balaban J connectivity index is 1.01. The number of fused-ring (bicyclic) bond motifs is 5. The average Bonchev–Trinajstić information content (AvgIpc) is 1.66. The van der Waals surface area contributed by atoms with Gasteiger partial charge in [-0.3, -0.25) is 52.7 Å². The maximum absolute atomic E-state index is 16.1. The van der Waals surface area contributed by atoms with E-state index in [4.69, 9.17) is 28.8 Å². The second-order valence-corrected chi connectivity index (χ2v) is 31.5. The summed E-state index contributed by atoms with van der Waals surface area (Å²) in [5, 5.41) is 36.5. The fourth-order valence-electron chi connectivity index (χ4n) is 14.0. The van der Waals surface area contributed by atoms with Gasteiger partial charge in [0.1, 0.15) is 78.2 Å². The van der Waals surface area contributed by atoms with Gasteiger partial charge in [0.2, 0.25) is 59.1 Å². The molecule has 3 aliphatic heterocycles. The van der Waals surface area contributed by atoms with Crippen LogP contribution in [0.5, 0.6) is 5.75 Å². The van der Waals surface area contributed by atoms with Crippen LogP contribution < -0.4 is 57.9 Å². The number of nitrogens with zero attached hydrogens (tertiary/aromatic N) is 2. The highest BCUT2D eigenvalue weighted by molar-refractivity contribution is 6.00. The molecule has 0 saturated carbocycles. The summed E-state index contributed by atoms with van der Waals surface area (Å²) in [6, 6.07) is 22.1. The molecular weight excluding hydrogens is 1510 g/mol. The van der Waals surface area contributed by atoms with Gasteiger partial charge in [-0.25, -0.2) is 14.0 Å². The number of rotatable bonds is 30. The lowest BCUT2D eigenvalue weighted by molar-refractivity contribution is -0.149. The molecule has 2 saturated heterocycles. The summed E-state index contributed by atoms with van der Waals surface area (Å²) in [5.74, 6) is -9.19. The van der Waals surface area contributed by atoms with Crippen LogP contribution in [0.4, 0.5) is 14.0 Å². The Bertz CT molecular complexity index is 4550. The van der Waals surface area contributed by atoms with E-state index in [9.17, 15) is 33.6 Å². The number of halogens is 1. The minimum atomic E-state index is -1.72. The van der Waals surface area contributed by atoms with E-state index in [1.54, 1.807) is 139 Å². The van der Waals surface area contributed by atoms with Gasteiger partial charge >= 0.3 is 18.2 Å². The Morgan fingerprint density at radius 2 is 1.43 bits per heavy atom. The Labute approximate surface area is 677 Å². The summed E-state index contributed by atoms with van der Waals surface area (Å²) in [4.78, 5) is 191. The standard InChI is InChI=1S/C84H106FN13O19/c1-49(91-81(112)115-47-54-16-12-11-13-17-54)72(103)95-65(46-90-80(111)117-83(6,7)8)74(105)92-62-40-55-18-14-19-56(38-55)44-89-68(100)48-114-66-33-37-97(77(108)64(93-73(62)104)41-57-45-87-61-29-26-58(85)42-60(57)61)71(66)76(107)96-70(50(2)116-82(3,4)5)75(106)94-63(39-52-24-27-59(113-10)28-25-52)78(109)98-36-15-34-84(98,9)79(110)86-35-32-51-20-22-53(23-21-51)43-88-67(99)30-31-69(101)102/h11-14,16-29,38,42,45,49-50,62-66,70-71,87H,15,30-37,39-41,43-44,46-48H2,1-10H3,(H,86,110)(H,88,99)(H,89,100)(H,90,111)(H,91,112)(H,92,105)(H,93,104)(H,94,106)(H,95,103)(H,96,107)(H,101,102)/t49-,50+,62-,63-,64-,65+,66-,70-,71-,84-/m0/s1. The van der Waals surface area contributed by atoms with Crippen molar-refractivity contribution in [2.24, 2.45) is 0 Å². The number of hydrogen-bond donors (Lipinski definition) is 12. The monoisotopic (exact) mass is 1620 g/mol. The number of hydrogen-bond acceptors (Lipinski definition) is 18. The van der Waals surface area contributed by atoms with Crippen LogP contribution in [0.1, 0.15) is 133 Å². The van der Waals surface area contributed by atoms with Crippen molar-refractivity contribution in [3.05, 3.63) is 172 Å². The second kappa shape index (κ2) is 40.5. The van der Waals surface area contributed by atoms with E-state index in [0.29, 0.717) is 57.3 Å². The summed E-state index contributed by atoms with van der Waals surface area (Å²) in [6.45, 7) is 13.1. The van der Waals surface area contributed by atoms with Crippen molar-refractivity contribution in [1.29, 1.82) is 0 Å². The van der Waals surface area contributed by atoms with Crippen LogP contribution >= 0.6 is 0 Å². The topological polar surface area (TPSA) is 431 Å². The minimum Gasteiger partial charge on any atom is -0.497 e. The summed E-state index contributed by atoms with van der Waals surface area (Å²) < 4.78 is 44.3. The number of methoxy groups -OCH3 is 1. The first kappa shape index (κ1) is 88.9. The number of aromatic nitrogens is 1. The number of carboxylic acids is 1. The third kappa shape index (κ3) is 26.0. The Hall–Kier alpha value is -12.0. The molecule has 12 N–H and O–H groups in total.